The van der Waals surface area contributed by atoms with Crippen molar-refractivity contribution < 1.29 is 19.1 Å². The highest BCUT2D eigenvalue weighted by Gasteiger charge is 2.38. The van der Waals surface area contributed by atoms with E-state index in [1.165, 1.54) is 0 Å². The number of allylic oxidation sites excluding steroid dienone is 1. The van der Waals surface area contributed by atoms with E-state index in [0.29, 0.717) is 29.3 Å². The molecule has 0 fully saturated rings. The van der Waals surface area contributed by atoms with E-state index in [1.54, 1.807) is 30.9 Å². The SMILES string of the molecule is C=CCOc1ccc(/C=C2\C(=O)N(c3ccc(C)cc3)C(C)=C2C(=O)OCC)cc1. The smallest absolute Gasteiger partial charge is 0.340 e. The molecule has 0 bridgehead atoms. The molecule has 1 heterocycles. The predicted octanol–water partition coefficient (Wildman–Crippen LogP) is 4.83. The summed E-state index contributed by atoms with van der Waals surface area (Å²) in [5, 5.41) is 0. The van der Waals surface area contributed by atoms with Crippen LogP contribution in [0.5, 0.6) is 5.75 Å². The van der Waals surface area contributed by atoms with E-state index >= 15 is 0 Å². The number of aryl methyl sites for hydroxylation is 1. The molecule has 0 aromatic heterocycles. The lowest BCUT2D eigenvalue weighted by Gasteiger charge is -2.18. The number of nitrogens with zero attached hydrogens (tertiary/aromatic N) is 1. The van der Waals surface area contributed by atoms with Crippen molar-refractivity contribution in [3.63, 3.8) is 0 Å². The van der Waals surface area contributed by atoms with Crippen molar-refractivity contribution in [2.24, 2.45) is 0 Å². The largest absolute Gasteiger partial charge is 0.490 e. The lowest BCUT2D eigenvalue weighted by molar-refractivity contribution is -0.138. The average Bonchev–Trinajstić information content (AvgIpc) is 2.98. The molecule has 0 radical (unpaired) electrons. The van der Waals surface area contributed by atoms with Crippen LogP contribution >= 0.6 is 0 Å². The fraction of sp³-hybridized carbons (Fsp3) is 0.200. The number of rotatable bonds is 7. The summed E-state index contributed by atoms with van der Waals surface area (Å²) >= 11 is 0. The van der Waals surface area contributed by atoms with Crippen LogP contribution < -0.4 is 9.64 Å². The molecule has 0 spiro atoms. The zero-order valence-corrected chi connectivity index (χ0v) is 17.5. The molecular formula is C25H25NO4. The second-order valence-corrected chi connectivity index (χ2v) is 6.88. The number of hydrogen-bond acceptors (Lipinski definition) is 4. The van der Waals surface area contributed by atoms with Crippen molar-refractivity contribution >= 4 is 23.6 Å². The number of benzene rings is 2. The third kappa shape index (κ3) is 4.35. The molecular weight excluding hydrogens is 378 g/mol. The van der Waals surface area contributed by atoms with Gasteiger partial charge in [-0.15, -0.1) is 0 Å². The highest BCUT2D eigenvalue weighted by Crippen LogP contribution is 2.35. The van der Waals surface area contributed by atoms with Gasteiger partial charge in [-0.2, -0.15) is 0 Å². The highest BCUT2D eigenvalue weighted by atomic mass is 16.5. The van der Waals surface area contributed by atoms with Crippen molar-refractivity contribution in [1.29, 1.82) is 0 Å². The molecule has 154 valence electrons. The van der Waals surface area contributed by atoms with Crippen LogP contribution in [0.4, 0.5) is 5.69 Å². The van der Waals surface area contributed by atoms with Crippen LogP contribution in [0.3, 0.4) is 0 Å². The van der Waals surface area contributed by atoms with E-state index in [0.717, 1.165) is 11.1 Å². The topological polar surface area (TPSA) is 55.8 Å². The molecule has 0 saturated heterocycles. The highest BCUT2D eigenvalue weighted by molar-refractivity contribution is 6.23. The van der Waals surface area contributed by atoms with E-state index in [-0.39, 0.29) is 18.1 Å². The summed E-state index contributed by atoms with van der Waals surface area (Å²) in [7, 11) is 0. The van der Waals surface area contributed by atoms with Crippen LogP contribution in [0.1, 0.15) is 25.0 Å². The molecule has 3 rings (SSSR count). The van der Waals surface area contributed by atoms with Gasteiger partial charge in [-0.1, -0.05) is 42.5 Å². The Labute approximate surface area is 176 Å². The van der Waals surface area contributed by atoms with Gasteiger partial charge in [0.05, 0.1) is 17.8 Å². The van der Waals surface area contributed by atoms with Crippen molar-refractivity contribution in [1.82, 2.24) is 0 Å². The lowest BCUT2D eigenvalue weighted by atomic mass is 10.0. The molecule has 0 unspecified atom stereocenters. The molecule has 2 aromatic carbocycles. The first-order valence-electron chi connectivity index (χ1n) is 9.81. The summed E-state index contributed by atoms with van der Waals surface area (Å²) in [4.78, 5) is 27.5. The maximum absolute atomic E-state index is 13.3. The number of ether oxygens (including phenoxy) is 2. The second-order valence-electron chi connectivity index (χ2n) is 6.88. The third-order valence-corrected chi connectivity index (χ3v) is 4.73. The van der Waals surface area contributed by atoms with E-state index in [4.69, 9.17) is 9.47 Å². The Morgan fingerprint density at radius 2 is 1.73 bits per heavy atom. The minimum Gasteiger partial charge on any atom is -0.490 e. The fourth-order valence-corrected chi connectivity index (χ4v) is 3.27. The molecule has 0 saturated carbocycles. The Bertz CT molecular complexity index is 1010. The molecule has 5 heteroatoms. The Hall–Kier alpha value is -3.60. The summed E-state index contributed by atoms with van der Waals surface area (Å²) in [5.74, 6) is -0.0602. The molecule has 0 N–H and O–H groups in total. The van der Waals surface area contributed by atoms with Gasteiger partial charge < -0.3 is 9.47 Å². The number of anilines is 1. The maximum atomic E-state index is 13.3. The molecule has 0 aliphatic carbocycles. The zero-order valence-electron chi connectivity index (χ0n) is 17.5. The summed E-state index contributed by atoms with van der Waals surface area (Å²) in [5.41, 5.74) is 3.73. The Morgan fingerprint density at radius 3 is 2.33 bits per heavy atom. The van der Waals surface area contributed by atoms with Gasteiger partial charge in [0.15, 0.2) is 0 Å². The lowest BCUT2D eigenvalue weighted by Crippen LogP contribution is -2.24. The zero-order chi connectivity index (χ0) is 21.7. The normalized spacial score (nSPS) is 15.0. The van der Waals surface area contributed by atoms with Gasteiger partial charge in [0.2, 0.25) is 0 Å². The van der Waals surface area contributed by atoms with Crippen molar-refractivity contribution in [3.05, 3.63) is 89.2 Å². The quantitative estimate of drug-likeness (QED) is 0.378. The van der Waals surface area contributed by atoms with Gasteiger partial charge in [-0.25, -0.2) is 4.79 Å². The molecule has 1 aliphatic heterocycles. The predicted molar refractivity (Wildman–Crippen MR) is 118 cm³/mol. The van der Waals surface area contributed by atoms with Gasteiger partial charge in [0.1, 0.15) is 12.4 Å². The molecule has 0 atom stereocenters. The third-order valence-electron chi connectivity index (χ3n) is 4.73. The van der Waals surface area contributed by atoms with Crippen LogP contribution in [0, 0.1) is 6.92 Å². The van der Waals surface area contributed by atoms with Gasteiger partial charge in [0, 0.05) is 11.4 Å². The van der Waals surface area contributed by atoms with Crippen LogP contribution in [0.15, 0.2) is 78.0 Å². The molecule has 30 heavy (non-hydrogen) atoms. The first kappa shape index (κ1) is 21.1. The van der Waals surface area contributed by atoms with Crippen LogP contribution in [0.25, 0.3) is 6.08 Å². The van der Waals surface area contributed by atoms with Gasteiger partial charge in [-0.3, -0.25) is 9.69 Å². The van der Waals surface area contributed by atoms with Crippen molar-refractivity contribution in [2.75, 3.05) is 18.1 Å². The minimum absolute atomic E-state index is 0.233. The van der Waals surface area contributed by atoms with Crippen LogP contribution in [0.2, 0.25) is 0 Å². The van der Waals surface area contributed by atoms with E-state index in [2.05, 4.69) is 6.58 Å². The number of carbonyl (C=O) groups excluding carboxylic acids is 2. The van der Waals surface area contributed by atoms with Crippen LogP contribution in [-0.2, 0) is 14.3 Å². The number of carbonyl (C=O) groups is 2. The summed E-state index contributed by atoms with van der Waals surface area (Å²) in [6.07, 6.45) is 3.38. The number of esters is 1. The van der Waals surface area contributed by atoms with Gasteiger partial charge >= 0.3 is 5.97 Å². The minimum atomic E-state index is -0.504. The molecule has 5 nitrogen and oxygen atoms in total. The Balaban J connectivity index is 2.01. The average molecular weight is 403 g/mol. The Kier molecular flexibility index (Phi) is 6.52. The molecule has 1 amide bonds. The van der Waals surface area contributed by atoms with E-state index < -0.39 is 5.97 Å². The van der Waals surface area contributed by atoms with Crippen molar-refractivity contribution in [2.45, 2.75) is 20.8 Å². The van der Waals surface area contributed by atoms with Gasteiger partial charge in [0.25, 0.3) is 5.91 Å². The first-order chi connectivity index (χ1) is 14.5. The molecule has 2 aromatic rings. The van der Waals surface area contributed by atoms with Gasteiger partial charge in [-0.05, 0) is 56.7 Å². The number of amides is 1. The fourth-order valence-electron chi connectivity index (χ4n) is 3.27. The summed E-state index contributed by atoms with van der Waals surface area (Å²) in [6.45, 7) is 9.76. The standard InChI is InChI=1S/C25H25NO4/c1-5-15-30-21-13-9-19(10-14-21)16-22-23(25(28)29-6-2)18(4)26(24(22)27)20-11-7-17(3)8-12-20/h5,7-14,16H,1,6,15H2,2-4H3/b22-16-. The maximum Gasteiger partial charge on any atom is 0.340 e. The summed E-state index contributed by atoms with van der Waals surface area (Å²) < 4.78 is 10.7. The number of hydrogen-bond donors (Lipinski definition) is 0. The van der Waals surface area contributed by atoms with Crippen molar-refractivity contribution in [3.8, 4) is 5.75 Å². The Morgan fingerprint density at radius 1 is 1.07 bits per heavy atom. The monoisotopic (exact) mass is 403 g/mol. The molecule has 1 aliphatic rings. The second kappa shape index (κ2) is 9.27. The van der Waals surface area contributed by atoms with E-state index in [9.17, 15) is 9.59 Å². The summed E-state index contributed by atoms with van der Waals surface area (Å²) in [6, 6.07) is 14.9. The van der Waals surface area contributed by atoms with E-state index in [1.807, 2.05) is 55.5 Å². The van der Waals surface area contributed by atoms with Crippen LogP contribution in [-0.4, -0.2) is 25.1 Å². The first-order valence-corrected chi connectivity index (χ1v) is 9.81.